The van der Waals surface area contributed by atoms with Gasteiger partial charge in [0.2, 0.25) is 0 Å². The molecule has 0 N–H and O–H groups in total. The minimum Gasteiger partial charge on any atom is -0.478 e. The summed E-state index contributed by atoms with van der Waals surface area (Å²) in [6, 6.07) is 21.3. The van der Waals surface area contributed by atoms with Crippen molar-refractivity contribution in [3.63, 3.8) is 0 Å². The maximum Gasteiger partial charge on any atom is 0.174 e. The molecule has 0 amide bonds. The zero-order valence-electron chi connectivity index (χ0n) is 17.4. The van der Waals surface area contributed by atoms with Crippen molar-refractivity contribution in [1.29, 1.82) is 5.26 Å². The topological polar surface area (TPSA) is 37.9 Å². The van der Waals surface area contributed by atoms with Crippen molar-refractivity contribution >= 4 is 37.6 Å². The quantitative estimate of drug-likeness (QED) is 0.269. The number of aromatic nitrogens is 1. The molecule has 0 unspecified atom stereocenters. The molecule has 0 radical (unpaired) electrons. The lowest BCUT2D eigenvalue weighted by Gasteiger charge is -2.12. The number of unbranched alkanes of at least 4 members (excludes halogenated alkanes) is 2. The fraction of sp³-hybridized carbons (Fsp3) is 0.269. The molecule has 30 heavy (non-hydrogen) atoms. The Kier molecular flexibility index (Phi) is 6.11. The number of nitrogens with zero attached hydrogens (tertiary/aromatic N) is 2. The number of halogens is 1. The van der Waals surface area contributed by atoms with Crippen LogP contribution in [0.25, 0.3) is 32.9 Å². The fourth-order valence-corrected chi connectivity index (χ4v) is 4.89. The van der Waals surface area contributed by atoms with Crippen molar-refractivity contribution in [1.82, 2.24) is 4.57 Å². The lowest BCUT2D eigenvalue weighted by molar-refractivity contribution is 0.366. The number of hydrogen-bond donors (Lipinski definition) is 0. The SMILES string of the molecule is CCCCCc1c(-c2ccc3c(Br)c(OCC#N)ccc3c2)n(C)c2ccccc12. The maximum absolute atomic E-state index is 8.79. The number of para-hydroxylation sites is 1. The van der Waals surface area contributed by atoms with Crippen LogP contribution in [-0.2, 0) is 13.5 Å². The molecule has 3 aromatic carbocycles. The van der Waals surface area contributed by atoms with Gasteiger partial charge in [-0.05, 0) is 68.9 Å². The van der Waals surface area contributed by atoms with E-state index in [1.54, 1.807) is 0 Å². The molecule has 0 bridgehead atoms. The Balaban J connectivity index is 1.84. The van der Waals surface area contributed by atoms with Crippen LogP contribution in [0.3, 0.4) is 0 Å². The third-order valence-corrected chi connectivity index (χ3v) is 6.54. The van der Waals surface area contributed by atoms with E-state index in [1.165, 1.54) is 47.0 Å². The number of rotatable bonds is 7. The van der Waals surface area contributed by atoms with Gasteiger partial charge in [0.05, 0.1) is 10.2 Å². The smallest absolute Gasteiger partial charge is 0.174 e. The minimum absolute atomic E-state index is 0.0409. The Morgan fingerprint density at radius 2 is 1.87 bits per heavy atom. The Morgan fingerprint density at radius 3 is 2.67 bits per heavy atom. The molecule has 3 nitrogen and oxygen atoms in total. The largest absolute Gasteiger partial charge is 0.478 e. The van der Waals surface area contributed by atoms with Gasteiger partial charge in [0.1, 0.15) is 11.8 Å². The van der Waals surface area contributed by atoms with Gasteiger partial charge in [0.15, 0.2) is 6.61 Å². The summed E-state index contributed by atoms with van der Waals surface area (Å²) < 4.78 is 8.75. The van der Waals surface area contributed by atoms with Crippen molar-refractivity contribution < 1.29 is 4.74 Å². The van der Waals surface area contributed by atoms with Gasteiger partial charge in [-0.2, -0.15) is 5.26 Å². The highest BCUT2D eigenvalue weighted by molar-refractivity contribution is 9.10. The number of fused-ring (bicyclic) bond motifs is 2. The molecule has 1 aromatic heterocycles. The van der Waals surface area contributed by atoms with Crippen LogP contribution in [0.4, 0.5) is 0 Å². The van der Waals surface area contributed by atoms with Crippen LogP contribution in [0, 0.1) is 11.3 Å². The summed E-state index contributed by atoms with van der Waals surface area (Å²) in [5.74, 6) is 0.696. The van der Waals surface area contributed by atoms with Gasteiger partial charge >= 0.3 is 0 Å². The average molecular weight is 461 g/mol. The predicted molar refractivity (Wildman–Crippen MR) is 128 cm³/mol. The number of ether oxygens (including phenoxy) is 1. The lowest BCUT2D eigenvalue weighted by Crippen LogP contribution is -1.96. The van der Waals surface area contributed by atoms with Crippen molar-refractivity contribution in [2.45, 2.75) is 32.6 Å². The minimum atomic E-state index is 0.0409. The maximum atomic E-state index is 8.79. The van der Waals surface area contributed by atoms with Gasteiger partial charge in [0, 0.05) is 18.0 Å². The van der Waals surface area contributed by atoms with Crippen LogP contribution < -0.4 is 4.74 Å². The third kappa shape index (κ3) is 3.70. The van der Waals surface area contributed by atoms with E-state index in [2.05, 4.69) is 83.0 Å². The first-order valence-corrected chi connectivity index (χ1v) is 11.2. The zero-order chi connectivity index (χ0) is 21.1. The Hall–Kier alpha value is -2.77. The zero-order valence-corrected chi connectivity index (χ0v) is 19.0. The molecule has 0 atom stereocenters. The highest BCUT2D eigenvalue weighted by atomic mass is 79.9. The Bertz CT molecular complexity index is 1250. The van der Waals surface area contributed by atoms with Gasteiger partial charge in [-0.15, -0.1) is 0 Å². The standard InChI is InChI=1S/C26H25BrN2O/c1-3-4-5-9-22-21-8-6-7-10-23(21)29(2)26(22)19-11-13-20-18(17-19)12-14-24(25(20)27)30-16-15-28/h6-8,10-14,17H,3-5,9,16H2,1-2H3. The molecule has 0 aliphatic carbocycles. The van der Waals surface area contributed by atoms with E-state index in [9.17, 15) is 0 Å². The van der Waals surface area contributed by atoms with Crippen LogP contribution in [0.5, 0.6) is 5.75 Å². The van der Waals surface area contributed by atoms with E-state index in [1.807, 2.05) is 12.1 Å². The monoisotopic (exact) mass is 460 g/mol. The van der Waals surface area contributed by atoms with Gasteiger partial charge in [-0.3, -0.25) is 0 Å². The molecular formula is C26H25BrN2O. The summed E-state index contributed by atoms with van der Waals surface area (Å²) in [7, 11) is 2.17. The van der Waals surface area contributed by atoms with E-state index in [0.717, 1.165) is 21.7 Å². The molecule has 0 saturated carbocycles. The third-order valence-electron chi connectivity index (χ3n) is 5.73. The molecule has 0 saturated heterocycles. The fourth-order valence-electron chi connectivity index (χ4n) is 4.29. The summed E-state index contributed by atoms with van der Waals surface area (Å²) in [4.78, 5) is 0. The Morgan fingerprint density at radius 1 is 1.03 bits per heavy atom. The van der Waals surface area contributed by atoms with E-state index in [-0.39, 0.29) is 6.61 Å². The first kappa shape index (κ1) is 20.5. The van der Waals surface area contributed by atoms with Crippen LogP contribution >= 0.6 is 15.9 Å². The van der Waals surface area contributed by atoms with Crippen LogP contribution in [0.15, 0.2) is 59.1 Å². The highest BCUT2D eigenvalue weighted by Gasteiger charge is 2.17. The van der Waals surface area contributed by atoms with Crippen LogP contribution in [0.2, 0.25) is 0 Å². The molecule has 0 aliphatic heterocycles. The van der Waals surface area contributed by atoms with Crippen LogP contribution in [-0.4, -0.2) is 11.2 Å². The molecule has 0 spiro atoms. The summed E-state index contributed by atoms with van der Waals surface area (Å²) in [6.45, 7) is 2.29. The Labute approximate surface area is 186 Å². The number of hydrogen-bond acceptors (Lipinski definition) is 2. The van der Waals surface area contributed by atoms with Gasteiger partial charge in [-0.25, -0.2) is 0 Å². The molecule has 4 rings (SSSR count). The van der Waals surface area contributed by atoms with Crippen molar-refractivity contribution in [3.8, 4) is 23.1 Å². The van der Waals surface area contributed by atoms with E-state index < -0.39 is 0 Å². The summed E-state index contributed by atoms with van der Waals surface area (Å²) in [6.07, 6.45) is 4.77. The van der Waals surface area contributed by atoms with Gasteiger partial charge in [0.25, 0.3) is 0 Å². The second-order valence-electron chi connectivity index (χ2n) is 7.62. The van der Waals surface area contributed by atoms with E-state index >= 15 is 0 Å². The molecule has 4 aromatic rings. The lowest BCUT2D eigenvalue weighted by atomic mass is 9.98. The number of benzene rings is 3. The van der Waals surface area contributed by atoms with Crippen molar-refractivity contribution in [2.24, 2.45) is 7.05 Å². The van der Waals surface area contributed by atoms with E-state index in [4.69, 9.17) is 10.00 Å². The van der Waals surface area contributed by atoms with Crippen LogP contribution in [0.1, 0.15) is 31.7 Å². The van der Waals surface area contributed by atoms with Gasteiger partial charge in [-0.1, -0.05) is 56.2 Å². The first-order valence-electron chi connectivity index (χ1n) is 10.4. The number of nitriles is 1. The summed E-state index contributed by atoms with van der Waals surface area (Å²) >= 11 is 3.65. The van der Waals surface area contributed by atoms with Crippen molar-refractivity contribution in [3.05, 3.63) is 64.6 Å². The second-order valence-corrected chi connectivity index (χ2v) is 8.41. The normalized spacial score (nSPS) is 11.1. The highest BCUT2D eigenvalue weighted by Crippen LogP contribution is 2.38. The number of aryl methyl sites for hydroxylation is 2. The molecule has 152 valence electrons. The average Bonchev–Trinajstić information content (AvgIpc) is 3.05. The molecule has 1 heterocycles. The van der Waals surface area contributed by atoms with Crippen molar-refractivity contribution in [2.75, 3.05) is 6.61 Å². The predicted octanol–water partition coefficient (Wildman–Crippen LogP) is 7.40. The molecule has 0 aliphatic rings. The molecular weight excluding hydrogens is 436 g/mol. The van der Waals surface area contributed by atoms with Gasteiger partial charge < -0.3 is 9.30 Å². The van der Waals surface area contributed by atoms with E-state index in [0.29, 0.717) is 5.75 Å². The second kappa shape index (κ2) is 8.93. The summed E-state index contributed by atoms with van der Waals surface area (Å²) in [5.41, 5.74) is 5.25. The summed E-state index contributed by atoms with van der Waals surface area (Å²) in [5, 5.41) is 12.4. The first-order chi connectivity index (χ1) is 14.7. The molecule has 4 heteroatoms. The molecule has 0 fully saturated rings.